The lowest BCUT2D eigenvalue weighted by Crippen LogP contribution is -2.14. The molecule has 0 radical (unpaired) electrons. The Morgan fingerprint density at radius 2 is 1.89 bits per heavy atom. The van der Waals surface area contributed by atoms with Gasteiger partial charge in [0.15, 0.2) is 11.5 Å². The second kappa shape index (κ2) is 9.97. The molecule has 0 aliphatic heterocycles. The van der Waals surface area contributed by atoms with Crippen molar-refractivity contribution in [1.82, 2.24) is 0 Å². The van der Waals surface area contributed by atoms with Crippen LogP contribution in [0, 0.1) is 0 Å². The van der Waals surface area contributed by atoms with Crippen LogP contribution in [0.4, 0.5) is 14.5 Å². The third-order valence-electron chi connectivity index (χ3n) is 3.37. The Morgan fingerprint density at radius 1 is 1.15 bits per heavy atom. The molecular weight excluding hydrogens is 380 g/mol. The number of anilines is 1. The maximum atomic E-state index is 12.6. The first-order chi connectivity index (χ1) is 13.0. The molecule has 1 amide bonds. The molecule has 0 unspecified atom stereocenters. The summed E-state index contributed by atoms with van der Waals surface area (Å²) >= 11 is 6.24. The number of halogens is 3. The molecule has 2 aromatic rings. The smallest absolute Gasteiger partial charge is 0.387 e. The van der Waals surface area contributed by atoms with Gasteiger partial charge in [-0.15, -0.1) is 0 Å². The number of carbonyl (C=O) groups is 1. The minimum absolute atomic E-state index is 0.114. The van der Waals surface area contributed by atoms with Crippen LogP contribution >= 0.6 is 11.6 Å². The van der Waals surface area contributed by atoms with E-state index in [0.717, 1.165) is 6.42 Å². The number of carbonyl (C=O) groups excluding carboxylic acids is 1. The van der Waals surface area contributed by atoms with Gasteiger partial charge in [-0.2, -0.15) is 8.78 Å². The fourth-order valence-corrected chi connectivity index (χ4v) is 2.53. The summed E-state index contributed by atoms with van der Waals surface area (Å²) < 4.78 is 40.6. The zero-order chi connectivity index (χ0) is 19.8. The zero-order valence-corrected chi connectivity index (χ0v) is 15.7. The van der Waals surface area contributed by atoms with Crippen molar-refractivity contribution < 1.29 is 27.8 Å². The van der Waals surface area contributed by atoms with Crippen LogP contribution in [0.2, 0.25) is 5.02 Å². The Labute approximate surface area is 161 Å². The summed E-state index contributed by atoms with van der Waals surface area (Å²) in [4.78, 5) is 12.6. The standard InChI is InChI=1S/C19H20ClF2NO4/c1-3-9-26-17-13(20)10-12(11-16(17)25-4-2)18(24)23-14-7-5-6-8-15(14)27-19(21)22/h5-8,10-11,19H,3-4,9H2,1-2H3,(H,23,24). The zero-order valence-electron chi connectivity index (χ0n) is 14.9. The molecule has 0 bridgehead atoms. The van der Waals surface area contributed by atoms with E-state index in [9.17, 15) is 13.6 Å². The average molecular weight is 400 g/mol. The second-order valence-electron chi connectivity index (χ2n) is 5.40. The SMILES string of the molecule is CCCOc1c(Cl)cc(C(=O)Nc2ccccc2OC(F)F)cc1OCC. The predicted molar refractivity (Wildman–Crippen MR) is 99.4 cm³/mol. The van der Waals surface area contributed by atoms with E-state index in [4.69, 9.17) is 21.1 Å². The van der Waals surface area contributed by atoms with Crippen molar-refractivity contribution in [2.45, 2.75) is 26.9 Å². The highest BCUT2D eigenvalue weighted by atomic mass is 35.5. The van der Waals surface area contributed by atoms with Crippen molar-refractivity contribution in [3.63, 3.8) is 0 Å². The van der Waals surface area contributed by atoms with Crippen LogP contribution in [0.3, 0.4) is 0 Å². The Hall–Kier alpha value is -2.54. The summed E-state index contributed by atoms with van der Waals surface area (Å²) in [7, 11) is 0. The molecular formula is C19H20ClF2NO4. The number of hydrogen-bond acceptors (Lipinski definition) is 4. The Kier molecular flexibility index (Phi) is 7.67. The van der Waals surface area contributed by atoms with Gasteiger partial charge in [0, 0.05) is 5.56 Å². The van der Waals surface area contributed by atoms with Crippen molar-refractivity contribution in [1.29, 1.82) is 0 Å². The number of nitrogens with one attached hydrogen (secondary N) is 1. The number of benzene rings is 2. The Balaban J connectivity index is 2.29. The fraction of sp³-hybridized carbons (Fsp3) is 0.316. The average Bonchev–Trinajstić information content (AvgIpc) is 2.62. The van der Waals surface area contributed by atoms with Crippen LogP contribution in [0.25, 0.3) is 0 Å². The third-order valence-corrected chi connectivity index (χ3v) is 3.65. The quantitative estimate of drug-likeness (QED) is 0.615. The lowest BCUT2D eigenvalue weighted by Gasteiger charge is -2.15. The highest BCUT2D eigenvalue weighted by molar-refractivity contribution is 6.32. The summed E-state index contributed by atoms with van der Waals surface area (Å²) in [5, 5.41) is 2.76. The predicted octanol–water partition coefficient (Wildman–Crippen LogP) is 5.38. The summed E-state index contributed by atoms with van der Waals surface area (Å²) in [6.07, 6.45) is 0.783. The summed E-state index contributed by atoms with van der Waals surface area (Å²) in [6.45, 7) is 1.55. The van der Waals surface area contributed by atoms with Gasteiger partial charge < -0.3 is 19.5 Å². The summed E-state index contributed by atoms with van der Waals surface area (Å²) in [5.41, 5.74) is 0.308. The topological polar surface area (TPSA) is 56.8 Å². The minimum atomic E-state index is -3.00. The first-order valence-corrected chi connectivity index (χ1v) is 8.78. The van der Waals surface area contributed by atoms with E-state index in [1.165, 1.54) is 30.3 Å². The molecule has 0 atom stereocenters. The van der Waals surface area contributed by atoms with Crippen LogP contribution < -0.4 is 19.5 Å². The molecule has 0 heterocycles. The van der Waals surface area contributed by atoms with Gasteiger partial charge in [-0.1, -0.05) is 30.7 Å². The van der Waals surface area contributed by atoms with Gasteiger partial charge in [0.05, 0.1) is 23.9 Å². The molecule has 0 saturated carbocycles. The molecule has 2 rings (SSSR count). The normalized spacial score (nSPS) is 10.6. The lowest BCUT2D eigenvalue weighted by atomic mass is 10.1. The van der Waals surface area contributed by atoms with Crippen LogP contribution in [-0.4, -0.2) is 25.7 Å². The van der Waals surface area contributed by atoms with E-state index in [2.05, 4.69) is 10.1 Å². The van der Waals surface area contributed by atoms with Gasteiger partial charge in [-0.05, 0) is 37.6 Å². The Bertz CT molecular complexity index is 786. The van der Waals surface area contributed by atoms with E-state index in [1.54, 1.807) is 13.0 Å². The number of hydrogen-bond donors (Lipinski definition) is 1. The molecule has 2 aromatic carbocycles. The summed E-state index contributed by atoms with van der Waals surface area (Å²) in [6, 6.07) is 8.83. The molecule has 5 nitrogen and oxygen atoms in total. The Morgan fingerprint density at radius 3 is 2.56 bits per heavy atom. The van der Waals surface area contributed by atoms with E-state index >= 15 is 0 Å². The first-order valence-electron chi connectivity index (χ1n) is 8.40. The lowest BCUT2D eigenvalue weighted by molar-refractivity contribution is -0.0493. The minimum Gasteiger partial charge on any atom is -0.490 e. The highest BCUT2D eigenvalue weighted by Gasteiger charge is 2.18. The number of rotatable bonds is 9. The van der Waals surface area contributed by atoms with Gasteiger partial charge in [-0.25, -0.2) is 0 Å². The van der Waals surface area contributed by atoms with Gasteiger partial charge in [0.25, 0.3) is 5.91 Å². The van der Waals surface area contributed by atoms with E-state index in [1.807, 2.05) is 6.92 Å². The van der Waals surface area contributed by atoms with Crippen molar-refractivity contribution in [2.24, 2.45) is 0 Å². The molecule has 0 aromatic heterocycles. The molecule has 0 fully saturated rings. The highest BCUT2D eigenvalue weighted by Crippen LogP contribution is 2.37. The van der Waals surface area contributed by atoms with Crippen LogP contribution in [-0.2, 0) is 0 Å². The van der Waals surface area contributed by atoms with Crippen LogP contribution in [0.15, 0.2) is 36.4 Å². The number of para-hydroxylation sites is 2. The van der Waals surface area contributed by atoms with Gasteiger partial charge in [0.2, 0.25) is 0 Å². The largest absolute Gasteiger partial charge is 0.490 e. The molecule has 27 heavy (non-hydrogen) atoms. The fourth-order valence-electron chi connectivity index (χ4n) is 2.27. The molecule has 0 aliphatic rings. The number of alkyl halides is 2. The van der Waals surface area contributed by atoms with E-state index in [0.29, 0.717) is 24.7 Å². The van der Waals surface area contributed by atoms with Crippen molar-refractivity contribution in [3.05, 3.63) is 47.0 Å². The molecule has 8 heteroatoms. The number of amides is 1. The third kappa shape index (κ3) is 5.72. The van der Waals surface area contributed by atoms with E-state index < -0.39 is 12.5 Å². The van der Waals surface area contributed by atoms with Crippen LogP contribution in [0.5, 0.6) is 17.2 Å². The van der Waals surface area contributed by atoms with Gasteiger partial charge in [0.1, 0.15) is 5.75 Å². The van der Waals surface area contributed by atoms with Crippen molar-refractivity contribution in [2.75, 3.05) is 18.5 Å². The van der Waals surface area contributed by atoms with Crippen molar-refractivity contribution in [3.8, 4) is 17.2 Å². The molecule has 0 saturated heterocycles. The van der Waals surface area contributed by atoms with Crippen molar-refractivity contribution >= 4 is 23.2 Å². The molecule has 146 valence electrons. The monoisotopic (exact) mass is 399 g/mol. The second-order valence-corrected chi connectivity index (χ2v) is 5.80. The van der Waals surface area contributed by atoms with E-state index in [-0.39, 0.29) is 22.0 Å². The first kappa shape index (κ1) is 20.8. The maximum Gasteiger partial charge on any atom is 0.387 e. The molecule has 0 spiro atoms. The maximum absolute atomic E-state index is 12.6. The van der Waals surface area contributed by atoms with Gasteiger partial charge in [-0.3, -0.25) is 4.79 Å². The molecule has 0 aliphatic carbocycles. The van der Waals surface area contributed by atoms with Gasteiger partial charge >= 0.3 is 6.61 Å². The van der Waals surface area contributed by atoms with Crippen LogP contribution in [0.1, 0.15) is 30.6 Å². The molecule has 1 N–H and O–H groups in total. The number of ether oxygens (including phenoxy) is 3. The summed E-state index contributed by atoms with van der Waals surface area (Å²) in [5.74, 6) is 0.00385.